The fourth-order valence-corrected chi connectivity index (χ4v) is 2.39. The van der Waals surface area contributed by atoms with Gasteiger partial charge >= 0.3 is 12.1 Å². The molecule has 0 aromatic rings. The van der Waals surface area contributed by atoms with E-state index >= 15 is 0 Å². The first-order valence-corrected chi connectivity index (χ1v) is 6.83. The van der Waals surface area contributed by atoms with Gasteiger partial charge in [-0.15, -0.1) is 0 Å². The first-order valence-electron chi connectivity index (χ1n) is 6.83. The van der Waals surface area contributed by atoms with Crippen molar-refractivity contribution in [2.45, 2.75) is 64.1 Å². The molecule has 1 saturated heterocycles. The molecule has 0 N–H and O–H groups in total. The summed E-state index contributed by atoms with van der Waals surface area (Å²) in [6.07, 6.45) is 2.40. The van der Waals surface area contributed by atoms with Crippen molar-refractivity contribution in [1.29, 1.82) is 0 Å². The lowest BCUT2D eigenvalue weighted by Gasteiger charge is -2.31. The smallest absolute Gasteiger partial charge is 0.411 e. The first kappa shape index (κ1) is 16.5. The lowest BCUT2D eigenvalue weighted by Crippen LogP contribution is -2.47. The minimum absolute atomic E-state index is 0.154. The molecule has 2 atom stereocenters. The Bertz CT molecular complexity index is 374. The van der Waals surface area contributed by atoms with Crippen LogP contribution in [0.2, 0.25) is 0 Å². The van der Waals surface area contributed by atoms with Crippen LogP contribution in [0.25, 0.3) is 0 Å². The van der Waals surface area contributed by atoms with Gasteiger partial charge in [0.1, 0.15) is 17.9 Å². The van der Waals surface area contributed by atoms with Crippen LogP contribution >= 0.6 is 0 Å². The highest BCUT2D eigenvalue weighted by molar-refractivity contribution is 5.82. The van der Waals surface area contributed by atoms with Crippen LogP contribution in [-0.4, -0.2) is 48.0 Å². The Kier molecular flexibility index (Phi) is 5.53. The molecule has 6 nitrogen and oxygen atoms in total. The zero-order chi connectivity index (χ0) is 15.3. The van der Waals surface area contributed by atoms with Crippen molar-refractivity contribution < 1.29 is 23.9 Å². The largest absolute Gasteiger partial charge is 0.467 e. The van der Waals surface area contributed by atoms with E-state index in [1.54, 1.807) is 20.8 Å². The van der Waals surface area contributed by atoms with E-state index in [0.717, 1.165) is 6.29 Å². The molecule has 6 heteroatoms. The van der Waals surface area contributed by atoms with E-state index in [0.29, 0.717) is 25.7 Å². The number of carbonyl (C=O) groups is 3. The Hall–Kier alpha value is -1.59. The Balaban J connectivity index is 2.86. The maximum atomic E-state index is 12.3. The molecule has 1 heterocycles. The van der Waals surface area contributed by atoms with Crippen LogP contribution in [0.1, 0.15) is 46.5 Å². The summed E-state index contributed by atoms with van der Waals surface area (Å²) >= 11 is 0. The molecule has 0 spiro atoms. The SMILES string of the molecule is COC(=O)C1CCC(CCC=O)N1C(=O)OC(C)(C)C. The fraction of sp³-hybridized carbons (Fsp3) is 0.786. The van der Waals surface area contributed by atoms with Gasteiger partial charge in [-0.2, -0.15) is 0 Å². The van der Waals surface area contributed by atoms with Gasteiger partial charge in [-0.1, -0.05) is 0 Å². The summed E-state index contributed by atoms with van der Waals surface area (Å²) in [7, 11) is 1.30. The Morgan fingerprint density at radius 3 is 2.45 bits per heavy atom. The van der Waals surface area contributed by atoms with Gasteiger partial charge in [0.15, 0.2) is 0 Å². The molecule has 20 heavy (non-hydrogen) atoms. The molecule has 0 bridgehead atoms. The van der Waals surface area contributed by atoms with Crippen LogP contribution in [0.4, 0.5) is 4.79 Å². The molecule has 1 aliphatic rings. The van der Waals surface area contributed by atoms with Crippen molar-refractivity contribution in [2.24, 2.45) is 0 Å². The molecule has 1 aliphatic heterocycles. The average molecular weight is 285 g/mol. The fourth-order valence-electron chi connectivity index (χ4n) is 2.39. The number of aldehydes is 1. The van der Waals surface area contributed by atoms with Gasteiger partial charge in [0.2, 0.25) is 0 Å². The van der Waals surface area contributed by atoms with Gasteiger partial charge in [0, 0.05) is 12.5 Å². The zero-order valence-electron chi connectivity index (χ0n) is 12.5. The van der Waals surface area contributed by atoms with E-state index in [-0.39, 0.29) is 6.04 Å². The maximum absolute atomic E-state index is 12.3. The van der Waals surface area contributed by atoms with E-state index in [4.69, 9.17) is 9.47 Å². The predicted octanol–water partition coefficient (Wildman–Crippen LogP) is 1.91. The quantitative estimate of drug-likeness (QED) is 0.582. The van der Waals surface area contributed by atoms with Crippen molar-refractivity contribution in [2.75, 3.05) is 7.11 Å². The third kappa shape index (κ3) is 4.21. The molecule has 0 aromatic carbocycles. The molecule has 1 rings (SSSR count). The number of hydrogen-bond acceptors (Lipinski definition) is 5. The lowest BCUT2D eigenvalue weighted by molar-refractivity contribution is -0.146. The van der Waals surface area contributed by atoms with Crippen LogP contribution < -0.4 is 0 Å². The minimum Gasteiger partial charge on any atom is -0.467 e. The van der Waals surface area contributed by atoms with E-state index in [9.17, 15) is 14.4 Å². The first-order chi connectivity index (χ1) is 9.30. The summed E-state index contributed by atoms with van der Waals surface area (Å²) < 4.78 is 10.1. The summed E-state index contributed by atoms with van der Waals surface area (Å²) in [6.45, 7) is 5.32. The highest BCUT2D eigenvalue weighted by atomic mass is 16.6. The van der Waals surface area contributed by atoms with Crippen molar-refractivity contribution in [3.05, 3.63) is 0 Å². The number of nitrogens with zero attached hydrogens (tertiary/aromatic N) is 1. The Labute approximate surface area is 119 Å². The van der Waals surface area contributed by atoms with Gasteiger partial charge in [0.25, 0.3) is 0 Å². The third-order valence-electron chi connectivity index (χ3n) is 3.20. The standard InChI is InChI=1S/C14H23NO5/c1-14(2,3)20-13(18)15-10(6-5-9-16)7-8-11(15)12(17)19-4/h9-11H,5-8H2,1-4H3. The highest BCUT2D eigenvalue weighted by Gasteiger charge is 2.43. The van der Waals surface area contributed by atoms with Crippen molar-refractivity contribution >= 4 is 18.3 Å². The van der Waals surface area contributed by atoms with Crippen molar-refractivity contribution in [3.63, 3.8) is 0 Å². The maximum Gasteiger partial charge on any atom is 0.411 e. The van der Waals surface area contributed by atoms with Crippen molar-refractivity contribution in [3.8, 4) is 0 Å². The summed E-state index contributed by atoms with van der Waals surface area (Å²) in [5.74, 6) is -0.440. The molecule has 1 fully saturated rings. The van der Waals surface area contributed by atoms with Crippen molar-refractivity contribution in [1.82, 2.24) is 4.90 Å². The summed E-state index contributed by atoms with van der Waals surface area (Å²) in [5.41, 5.74) is -0.629. The molecular formula is C14H23NO5. The summed E-state index contributed by atoms with van der Waals surface area (Å²) in [6, 6.07) is -0.773. The van der Waals surface area contributed by atoms with Crippen LogP contribution in [-0.2, 0) is 19.1 Å². The number of hydrogen-bond donors (Lipinski definition) is 0. The number of amides is 1. The second-order valence-corrected chi connectivity index (χ2v) is 5.90. The Morgan fingerprint density at radius 1 is 1.30 bits per heavy atom. The molecule has 0 aliphatic carbocycles. The zero-order valence-corrected chi connectivity index (χ0v) is 12.5. The molecule has 0 aromatic heterocycles. The normalized spacial score (nSPS) is 22.5. The highest BCUT2D eigenvalue weighted by Crippen LogP contribution is 2.29. The van der Waals surface area contributed by atoms with Crippen LogP contribution in [0.3, 0.4) is 0 Å². The number of ether oxygens (including phenoxy) is 2. The second kappa shape index (κ2) is 6.72. The number of esters is 1. The summed E-state index contributed by atoms with van der Waals surface area (Å²) in [5, 5.41) is 0. The molecule has 0 radical (unpaired) electrons. The topological polar surface area (TPSA) is 72.9 Å². The van der Waals surface area contributed by atoms with Crippen LogP contribution in [0.15, 0.2) is 0 Å². The van der Waals surface area contributed by atoms with Gasteiger partial charge in [-0.25, -0.2) is 9.59 Å². The molecule has 1 amide bonds. The minimum atomic E-state index is -0.629. The van der Waals surface area contributed by atoms with Gasteiger partial charge < -0.3 is 14.3 Å². The summed E-state index contributed by atoms with van der Waals surface area (Å²) in [4.78, 5) is 36.0. The van der Waals surface area contributed by atoms with Crippen LogP contribution in [0, 0.1) is 0 Å². The van der Waals surface area contributed by atoms with Gasteiger partial charge in [-0.3, -0.25) is 4.90 Å². The molecular weight excluding hydrogens is 262 g/mol. The average Bonchev–Trinajstić information content (AvgIpc) is 2.77. The van der Waals surface area contributed by atoms with Gasteiger partial charge in [0.05, 0.1) is 7.11 Å². The van der Waals surface area contributed by atoms with Crippen LogP contribution in [0.5, 0.6) is 0 Å². The lowest BCUT2D eigenvalue weighted by atomic mass is 10.1. The molecule has 0 saturated carbocycles. The van der Waals surface area contributed by atoms with E-state index in [1.165, 1.54) is 12.0 Å². The number of methoxy groups -OCH3 is 1. The third-order valence-corrected chi connectivity index (χ3v) is 3.20. The van der Waals surface area contributed by atoms with E-state index < -0.39 is 23.7 Å². The Morgan fingerprint density at radius 2 is 1.95 bits per heavy atom. The predicted molar refractivity (Wildman–Crippen MR) is 72.2 cm³/mol. The molecule has 114 valence electrons. The number of likely N-dealkylation sites (tertiary alicyclic amines) is 1. The van der Waals surface area contributed by atoms with Gasteiger partial charge in [-0.05, 0) is 40.0 Å². The second-order valence-electron chi connectivity index (χ2n) is 5.90. The van der Waals surface area contributed by atoms with E-state index in [1.807, 2.05) is 0 Å². The number of rotatable bonds is 4. The monoisotopic (exact) mass is 285 g/mol. The van der Waals surface area contributed by atoms with E-state index in [2.05, 4.69) is 0 Å². The number of carbonyl (C=O) groups excluding carboxylic acids is 3. The molecule has 2 unspecified atom stereocenters.